The highest BCUT2D eigenvalue weighted by Crippen LogP contribution is 2.18. The third-order valence-electron chi connectivity index (χ3n) is 2.74. The van der Waals surface area contributed by atoms with Crippen molar-refractivity contribution >= 4 is 21.6 Å². The Labute approximate surface area is 126 Å². The van der Waals surface area contributed by atoms with Crippen molar-refractivity contribution in [3.05, 3.63) is 52.3 Å². The second kappa shape index (κ2) is 6.92. The first-order chi connectivity index (χ1) is 9.69. The molecule has 20 heavy (non-hydrogen) atoms. The zero-order valence-corrected chi connectivity index (χ0v) is 12.6. The summed E-state index contributed by atoms with van der Waals surface area (Å²) in [6.45, 7) is 2.78. The molecule has 1 N–H and O–H groups in total. The molecule has 0 saturated carbocycles. The Hall–Kier alpha value is -2.06. The van der Waals surface area contributed by atoms with Gasteiger partial charge in [-0.15, -0.1) is 0 Å². The number of pyridine rings is 1. The van der Waals surface area contributed by atoms with E-state index in [0.717, 1.165) is 21.4 Å². The maximum Gasteiger partial charge on any atom is 0.174 e. The lowest BCUT2D eigenvalue weighted by Gasteiger charge is -2.08. The van der Waals surface area contributed by atoms with E-state index in [4.69, 9.17) is 10.00 Å². The first kappa shape index (κ1) is 14.4. The van der Waals surface area contributed by atoms with Gasteiger partial charge in [0.25, 0.3) is 0 Å². The molecule has 1 aromatic heterocycles. The maximum atomic E-state index is 8.44. The quantitative estimate of drug-likeness (QED) is 0.849. The summed E-state index contributed by atoms with van der Waals surface area (Å²) in [4.78, 5) is 4.24. The summed E-state index contributed by atoms with van der Waals surface area (Å²) < 4.78 is 6.07. The number of aryl methyl sites for hydroxylation is 1. The molecule has 0 aliphatic carbocycles. The SMILES string of the molecule is Cc1cc(NCc2ccc(OCC#N)cc2)cnc1Br. The highest BCUT2D eigenvalue weighted by Gasteiger charge is 1.99. The molecule has 0 bridgehead atoms. The molecule has 0 saturated heterocycles. The Morgan fingerprint density at radius 2 is 2.10 bits per heavy atom. The second-order valence-corrected chi connectivity index (χ2v) is 5.03. The van der Waals surface area contributed by atoms with Crippen LogP contribution in [-0.2, 0) is 6.54 Å². The van der Waals surface area contributed by atoms with Crippen LogP contribution in [0, 0.1) is 18.3 Å². The van der Waals surface area contributed by atoms with Crippen molar-refractivity contribution < 1.29 is 4.74 Å². The normalized spacial score (nSPS) is 9.85. The van der Waals surface area contributed by atoms with Crippen LogP contribution in [0.15, 0.2) is 41.1 Å². The van der Waals surface area contributed by atoms with Gasteiger partial charge in [0.05, 0.1) is 11.9 Å². The summed E-state index contributed by atoms with van der Waals surface area (Å²) in [7, 11) is 0. The molecule has 0 amide bonds. The Bertz CT molecular complexity index is 620. The van der Waals surface area contributed by atoms with E-state index < -0.39 is 0 Å². The fourth-order valence-electron chi connectivity index (χ4n) is 1.68. The summed E-state index contributed by atoms with van der Waals surface area (Å²) in [5.74, 6) is 0.705. The Kier molecular flexibility index (Phi) is 4.97. The van der Waals surface area contributed by atoms with E-state index in [9.17, 15) is 0 Å². The minimum atomic E-state index is 0.0709. The number of hydrogen-bond acceptors (Lipinski definition) is 4. The molecule has 4 nitrogen and oxygen atoms in total. The molecule has 0 spiro atoms. The van der Waals surface area contributed by atoms with Gasteiger partial charge in [0.2, 0.25) is 0 Å². The summed E-state index contributed by atoms with van der Waals surface area (Å²) in [6, 6.07) is 11.6. The predicted molar refractivity (Wildman–Crippen MR) is 81.6 cm³/mol. The number of rotatable bonds is 5. The predicted octanol–water partition coefficient (Wildman–Crippen LogP) is 3.67. The largest absolute Gasteiger partial charge is 0.479 e. The van der Waals surface area contributed by atoms with Gasteiger partial charge in [-0.05, 0) is 52.2 Å². The number of anilines is 1. The van der Waals surface area contributed by atoms with Crippen LogP contribution in [-0.4, -0.2) is 11.6 Å². The maximum absolute atomic E-state index is 8.44. The monoisotopic (exact) mass is 331 g/mol. The molecule has 0 fully saturated rings. The standard InChI is InChI=1S/C15H14BrN3O/c1-11-8-13(10-19-15(11)16)18-9-12-2-4-14(5-3-12)20-7-6-17/h2-5,8,10,18H,7,9H2,1H3. The smallest absolute Gasteiger partial charge is 0.174 e. The van der Waals surface area contributed by atoms with Crippen LogP contribution in [0.25, 0.3) is 0 Å². The average molecular weight is 332 g/mol. The van der Waals surface area contributed by atoms with E-state index in [-0.39, 0.29) is 6.61 Å². The van der Waals surface area contributed by atoms with E-state index in [2.05, 4.69) is 26.2 Å². The molecule has 0 atom stereocenters. The van der Waals surface area contributed by atoms with E-state index in [1.807, 2.05) is 43.3 Å². The first-order valence-corrected chi connectivity index (χ1v) is 6.93. The number of aromatic nitrogens is 1. The molecule has 102 valence electrons. The highest BCUT2D eigenvalue weighted by atomic mass is 79.9. The molecule has 0 aliphatic rings. The van der Waals surface area contributed by atoms with Crippen LogP contribution in [0.3, 0.4) is 0 Å². The fourth-order valence-corrected chi connectivity index (χ4v) is 1.89. The third-order valence-corrected chi connectivity index (χ3v) is 3.57. The lowest BCUT2D eigenvalue weighted by atomic mass is 10.2. The third kappa shape index (κ3) is 3.97. The van der Waals surface area contributed by atoms with Gasteiger partial charge in [-0.25, -0.2) is 4.98 Å². The van der Waals surface area contributed by atoms with Gasteiger partial charge in [0.15, 0.2) is 6.61 Å². The Morgan fingerprint density at radius 3 is 2.75 bits per heavy atom. The van der Waals surface area contributed by atoms with Crippen molar-refractivity contribution in [3.63, 3.8) is 0 Å². The van der Waals surface area contributed by atoms with E-state index in [1.165, 1.54) is 0 Å². The molecule has 0 aliphatic heterocycles. The summed E-state index contributed by atoms with van der Waals surface area (Å²) in [5, 5.41) is 11.8. The van der Waals surface area contributed by atoms with Crippen molar-refractivity contribution in [2.24, 2.45) is 0 Å². The summed E-state index contributed by atoms with van der Waals surface area (Å²) in [6.07, 6.45) is 1.79. The van der Waals surface area contributed by atoms with Crippen LogP contribution in [0.1, 0.15) is 11.1 Å². The van der Waals surface area contributed by atoms with Crippen LogP contribution in [0.2, 0.25) is 0 Å². The van der Waals surface area contributed by atoms with E-state index in [0.29, 0.717) is 12.3 Å². The molecule has 0 radical (unpaired) electrons. The zero-order chi connectivity index (χ0) is 14.4. The minimum absolute atomic E-state index is 0.0709. The first-order valence-electron chi connectivity index (χ1n) is 6.14. The van der Waals surface area contributed by atoms with Crippen molar-refractivity contribution in [2.45, 2.75) is 13.5 Å². The molecular formula is C15H14BrN3O. The molecule has 0 unspecified atom stereocenters. The van der Waals surface area contributed by atoms with Crippen molar-refractivity contribution in [2.75, 3.05) is 11.9 Å². The van der Waals surface area contributed by atoms with Crippen LogP contribution in [0.4, 0.5) is 5.69 Å². The Morgan fingerprint density at radius 1 is 1.35 bits per heavy atom. The van der Waals surface area contributed by atoms with Gasteiger partial charge in [-0.2, -0.15) is 5.26 Å². The molecule has 2 rings (SSSR count). The molecule has 1 heterocycles. The lowest BCUT2D eigenvalue weighted by molar-refractivity contribution is 0.368. The number of halogens is 1. The average Bonchev–Trinajstić information content (AvgIpc) is 2.47. The number of nitriles is 1. The minimum Gasteiger partial charge on any atom is -0.479 e. The van der Waals surface area contributed by atoms with Crippen molar-refractivity contribution in [1.29, 1.82) is 5.26 Å². The van der Waals surface area contributed by atoms with E-state index in [1.54, 1.807) is 6.20 Å². The topological polar surface area (TPSA) is 57.9 Å². The summed E-state index contributed by atoms with van der Waals surface area (Å²) in [5.41, 5.74) is 3.21. The molecule has 1 aromatic carbocycles. The van der Waals surface area contributed by atoms with Crippen molar-refractivity contribution in [3.8, 4) is 11.8 Å². The molecule has 2 aromatic rings. The molecular weight excluding hydrogens is 318 g/mol. The van der Waals surface area contributed by atoms with Crippen LogP contribution < -0.4 is 10.1 Å². The second-order valence-electron chi connectivity index (χ2n) is 4.28. The van der Waals surface area contributed by atoms with Crippen LogP contribution in [0.5, 0.6) is 5.75 Å². The lowest BCUT2D eigenvalue weighted by Crippen LogP contribution is -2.01. The van der Waals surface area contributed by atoms with Crippen LogP contribution >= 0.6 is 15.9 Å². The van der Waals surface area contributed by atoms with E-state index >= 15 is 0 Å². The number of benzene rings is 1. The van der Waals surface area contributed by atoms with Gasteiger partial charge < -0.3 is 10.1 Å². The highest BCUT2D eigenvalue weighted by molar-refractivity contribution is 9.10. The number of nitrogens with one attached hydrogen (secondary N) is 1. The number of ether oxygens (including phenoxy) is 1. The van der Waals surface area contributed by atoms with Crippen molar-refractivity contribution in [1.82, 2.24) is 4.98 Å². The summed E-state index contributed by atoms with van der Waals surface area (Å²) >= 11 is 3.38. The van der Waals surface area contributed by atoms with Gasteiger partial charge in [0.1, 0.15) is 16.4 Å². The Balaban J connectivity index is 1.93. The molecule has 5 heteroatoms. The fraction of sp³-hybridized carbons (Fsp3) is 0.200. The van der Waals surface area contributed by atoms with Gasteiger partial charge in [-0.1, -0.05) is 12.1 Å². The van der Waals surface area contributed by atoms with Gasteiger partial charge >= 0.3 is 0 Å². The van der Waals surface area contributed by atoms with Gasteiger partial charge in [-0.3, -0.25) is 0 Å². The zero-order valence-electron chi connectivity index (χ0n) is 11.1. The van der Waals surface area contributed by atoms with Gasteiger partial charge in [0, 0.05) is 6.54 Å². The number of nitrogens with zero attached hydrogens (tertiary/aromatic N) is 2. The number of hydrogen-bond donors (Lipinski definition) is 1.